The molecule has 0 aromatic carbocycles. The number of aliphatic hydroxyl groups excluding tert-OH is 1. The van der Waals surface area contributed by atoms with Crippen LogP contribution in [0.1, 0.15) is 53.4 Å². The first-order valence-corrected chi connectivity index (χ1v) is 10.2. The summed E-state index contributed by atoms with van der Waals surface area (Å²) in [5, 5.41) is 9.18. The number of β-amino-alcohol motifs (C(OH)–C–C–N with tert-alkyl or cyclic N) is 1. The van der Waals surface area contributed by atoms with Gasteiger partial charge in [-0.25, -0.2) is 9.37 Å². The molecule has 6 nitrogen and oxygen atoms in total. The van der Waals surface area contributed by atoms with Crippen molar-refractivity contribution in [2.24, 2.45) is 5.41 Å². The average molecular weight is 391 g/mol. The molecule has 1 N–H and O–H groups in total. The lowest BCUT2D eigenvalue weighted by molar-refractivity contribution is -0.0302. The van der Waals surface area contributed by atoms with E-state index >= 15 is 0 Å². The van der Waals surface area contributed by atoms with Crippen LogP contribution >= 0.6 is 0 Å². The number of hydrogen-bond acceptors (Lipinski definition) is 5. The Bertz CT molecular complexity index is 781. The minimum atomic E-state index is -1.04. The fourth-order valence-corrected chi connectivity index (χ4v) is 4.19. The molecule has 0 bridgehead atoms. The molecular formula is C21H30FN3O3. The molecule has 1 saturated heterocycles. The Morgan fingerprint density at radius 1 is 1.32 bits per heavy atom. The number of aliphatic hydroxyl groups is 1. The number of pyridine rings is 1. The predicted octanol–water partition coefficient (Wildman–Crippen LogP) is 2.38. The van der Waals surface area contributed by atoms with E-state index in [-0.39, 0.29) is 30.6 Å². The van der Waals surface area contributed by atoms with E-state index in [2.05, 4.69) is 6.92 Å². The van der Waals surface area contributed by atoms with E-state index in [1.165, 1.54) is 12.8 Å². The number of amides is 1. The zero-order valence-corrected chi connectivity index (χ0v) is 17.0. The third-order valence-electron chi connectivity index (χ3n) is 6.54. The number of nitrogens with zero attached hydrogens (tertiary/aromatic N) is 3. The van der Waals surface area contributed by atoms with Crippen molar-refractivity contribution >= 4 is 11.7 Å². The summed E-state index contributed by atoms with van der Waals surface area (Å²) < 4.78 is 20.7. The first-order chi connectivity index (χ1) is 13.3. The summed E-state index contributed by atoms with van der Waals surface area (Å²) >= 11 is 0. The van der Waals surface area contributed by atoms with Gasteiger partial charge in [0.15, 0.2) is 0 Å². The molecule has 2 aliphatic heterocycles. The summed E-state index contributed by atoms with van der Waals surface area (Å²) in [7, 11) is 0. The quantitative estimate of drug-likeness (QED) is 0.807. The highest BCUT2D eigenvalue weighted by molar-refractivity contribution is 6.00. The lowest BCUT2D eigenvalue weighted by atomic mass is 10.0. The number of carbonyl (C=O) groups excluding carboxylic acids is 1. The van der Waals surface area contributed by atoms with Crippen LogP contribution in [-0.2, 0) is 11.3 Å². The second-order valence-electron chi connectivity index (χ2n) is 8.87. The van der Waals surface area contributed by atoms with Crippen LogP contribution < -0.4 is 4.90 Å². The molecule has 28 heavy (non-hydrogen) atoms. The number of halogens is 1. The van der Waals surface area contributed by atoms with Gasteiger partial charge in [-0.15, -0.1) is 0 Å². The lowest BCUT2D eigenvalue weighted by Gasteiger charge is -2.36. The molecule has 0 unspecified atom stereocenters. The molecule has 3 heterocycles. The van der Waals surface area contributed by atoms with Gasteiger partial charge in [0.25, 0.3) is 5.91 Å². The van der Waals surface area contributed by atoms with Gasteiger partial charge in [0.2, 0.25) is 0 Å². The number of anilines is 1. The predicted molar refractivity (Wildman–Crippen MR) is 104 cm³/mol. The topological polar surface area (TPSA) is 65.9 Å². The number of piperidine rings is 1. The van der Waals surface area contributed by atoms with Gasteiger partial charge in [0.1, 0.15) is 12.0 Å². The van der Waals surface area contributed by atoms with Crippen molar-refractivity contribution in [3.8, 4) is 0 Å². The Morgan fingerprint density at radius 3 is 2.71 bits per heavy atom. The van der Waals surface area contributed by atoms with Crippen LogP contribution in [0.2, 0.25) is 0 Å². The van der Waals surface area contributed by atoms with E-state index in [9.17, 15) is 14.3 Å². The van der Waals surface area contributed by atoms with Crippen LogP contribution in [0.25, 0.3) is 0 Å². The van der Waals surface area contributed by atoms with Gasteiger partial charge in [-0.1, -0.05) is 6.92 Å². The van der Waals surface area contributed by atoms with Gasteiger partial charge >= 0.3 is 0 Å². The second-order valence-corrected chi connectivity index (χ2v) is 8.87. The maximum Gasteiger partial charge on any atom is 0.256 e. The highest BCUT2D eigenvalue weighted by Crippen LogP contribution is 2.45. The summed E-state index contributed by atoms with van der Waals surface area (Å²) in [6.45, 7) is 8.32. The van der Waals surface area contributed by atoms with Crippen molar-refractivity contribution in [3.05, 3.63) is 22.4 Å². The van der Waals surface area contributed by atoms with Crippen LogP contribution in [0.4, 0.5) is 10.2 Å². The minimum absolute atomic E-state index is 0.0687. The summed E-state index contributed by atoms with van der Waals surface area (Å²) in [4.78, 5) is 20.9. The van der Waals surface area contributed by atoms with Crippen LogP contribution in [0, 0.1) is 19.3 Å². The zero-order valence-electron chi connectivity index (χ0n) is 17.0. The van der Waals surface area contributed by atoms with Gasteiger partial charge in [-0.3, -0.25) is 4.79 Å². The lowest BCUT2D eigenvalue weighted by Crippen LogP contribution is -2.47. The molecule has 1 aromatic rings. The van der Waals surface area contributed by atoms with Crippen molar-refractivity contribution < 1.29 is 19.0 Å². The van der Waals surface area contributed by atoms with Crippen molar-refractivity contribution in [2.45, 2.75) is 58.9 Å². The summed E-state index contributed by atoms with van der Waals surface area (Å²) in [5.74, 6) is 0.693. The molecule has 1 saturated carbocycles. The molecule has 1 aromatic heterocycles. The maximum absolute atomic E-state index is 14.8. The Labute approximate surface area is 165 Å². The van der Waals surface area contributed by atoms with E-state index in [0.29, 0.717) is 38.2 Å². The molecule has 2 fully saturated rings. The molecule has 0 radical (unpaired) electrons. The summed E-state index contributed by atoms with van der Waals surface area (Å²) in [5.41, 5.74) is 3.46. The normalized spacial score (nSPS) is 26.0. The van der Waals surface area contributed by atoms with Crippen LogP contribution in [0.5, 0.6) is 0 Å². The van der Waals surface area contributed by atoms with Gasteiger partial charge in [0.05, 0.1) is 43.7 Å². The highest BCUT2D eigenvalue weighted by Gasteiger charge is 2.40. The fraction of sp³-hybridized carbons (Fsp3) is 0.714. The number of alkyl halides is 1. The third kappa shape index (κ3) is 3.50. The Kier molecular flexibility index (Phi) is 5.08. The number of aromatic nitrogens is 1. The largest absolute Gasteiger partial charge is 0.395 e. The minimum Gasteiger partial charge on any atom is -0.395 e. The Morgan fingerprint density at radius 2 is 2.07 bits per heavy atom. The Balaban J connectivity index is 1.49. The fourth-order valence-electron chi connectivity index (χ4n) is 4.19. The molecule has 1 aliphatic carbocycles. The average Bonchev–Trinajstić information content (AvgIpc) is 3.32. The number of ether oxygens (including phenoxy) is 1. The second kappa shape index (κ2) is 7.26. The van der Waals surface area contributed by atoms with Crippen LogP contribution in [0.15, 0.2) is 0 Å². The molecule has 7 heteroatoms. The third-order valence-corrected chi connectivity index (χ3v) is 6.54. The van der Waals surface area contributed by atoms with E-state index in [1.54, 1.807) is 4.90 Å². The van der Waals surface area contributed by atoms with Crippen LogP contribution in [-0.4, -0.2) is 66.0 Å². The molecule has 0 spiro atoms. The summed E-state index contributed by atoms with van der Waals surface area (Å²) in [6.07, 6.45) is 1.60. The number of hydrogen-bond donors (Lipinski definition) is 1. The van der Waals surface area contributed by atoms with E-state index in [1.807, 2.05) is 18.7 Å². The molecule has 3 aliphatic rings. The van der Waals surface area contributed by atoms with Gasteiger partial charge in [-0.05, 0) is 49.7 Å². The van der Waals surface area contributed by atoms with Crippen LogP contribution in [0.3, 0.4) is 0 Å². The van der Waals surface area contributed by atoms with Gasteiger partial charge in [-0.2, -0.15) is 0 Å². The Hall–Kier alpha value is -1.73. The summed E-state index contributed by atoms with van der Waals surface area (Å²) in [6, 6.07) is 0. The SMILES string of the molecule is Cc1c(N2CC[C@@H](OCC3(C)CC3)[C@@H](F)C2)nc2c(c1C)C(=O)N(CCO)C2. The maximum atomic E-state index is 14.8. The zero-order chi connectivity index (χ0) is 20.1. The molecule has 4 rings (SSSR count). The smallest absolute Gasteiger partial charge is 0.256 e. The molecule has 2 atom stereocenters. The van der Waals surface area contributed by atoms with Gasteiger partial charge in [0, 0.05) is 13.1 Å². The molecular weight excluding hydrogens is 361 g/mol. The highest BCUT2D eigenvalue weighted by atomic mass is 19.1. The number of carbonyl (C=O) groups is 1. The first kappa shape index (κ1) is 19.6. The van der Waals surface area contributed by atoms with Crippen molar-refractivity contribution in [3.63, 3.8) is 0 Å². The standard InChI is InChI=1S/C21H30FN3O3/c1-13-14(2)19(23-16-11-25(8-9-26)20(27)18(13)16)24-7-4-17(15(22)10-24)28-12-21(3)5-6-21/h15,17,26H,4-12H2,1-3H3/t15-,17+/m0/s1. The van der Waals surface area contributed by atoms with E-state index in [0.717, 1.165) is 22.6 Å². The number of rotatable bonds is 6. The molecule has 154 valence electrons. The van der Waals surface area contributed by atoms with Crippen molar-refractivity contribution in [1.82, 2.24) is 9.88 Å². The van der Waals surface area contributed by atoms with Crippen molar-refractivity contribution in [1.29, 1.82) is 0 Å². The van der Waals surface area contributed by atoms with Gasteiger partial charge < -0.3 is 19.6 Å². The first-order valence-electron chi connectivity index (χ1n) is 10.2. The van der Waals surface area contributed by atoms with E-state index in [4.69, 9.17) is 9.72 Å². The van der Waals surface area contributed by atoms with Crippen molar-refractivity contribution in [2.75, 3.05) is 37.7 Å². The monoisotopic (exact) mass is 391 g/mol. The number of fused-ring (bicyclic) bond motifs is 1. The molecule has 1 amide bonds. The van der Waals surface area contributed by atoms with E-state index < -0.39 is 6.17 Å².